The van der Waals surface area contributed by atoms with Crippen LogP contribution in [-0.2, 0) is 14.3 Å². The summed E-state index contributed by atoms with van der Waals surface area (Å²) in [7, 11) is 0. The molecule has 1 aliphatic rings. The predicted molar refractivity (Wildman–Crippen MR) is 99.7 cm³/mol. The van der Waals surface area contributed by atoms with Crippen LogP contribution in [0.5, 0.6) is 0 Å². The number of hydrogen-bond acceptors (Lipinski definition) is 7. The van der Waals surface area contributed by atoms with Crippen molar-refractivity contribution in [2.45, 2.75) is 57.8 Å². The van der Waals surface area contributed by atoms with Crippen molar-refractivity contribution in [2.75, 3.05) is 18.5 Å². The molecule has 3 atom stereocenters. The lowest BCUT2D eigenvalue weighted by atomic mass is 9.90. The molecule has 0 aliphatic carbocycles. The highest BCUT2D eigenvalue weighted by Gasteiger charge is 2.34. The molecule has 1 saturated heterocycles. The summed E-state index contributed by atoms with van der Waals surface area (Å²) in [5.41, 5.74) is -1.83. The first-order valence-corrected chi connectivity index (χ1v) is 9.31. The van der Waals surface area contributed by atoms with Crippen LogP contribution in [0.15, 0.2) is 6.20 Å². The molecule has 8 nitrogen and oxygen atoms in total. The van der Waals surface area contributed by atoms with E-state index in [2.05, 4.69) is 15.4 Å². The first-order chi connectivity index (χ1) is 13.6. The molecule has 1 fully saturated rings. The van der Waals surface area contributed by atoms with E-state index in [-0.39, 0.29) is 35.4 Å². The second-order valence-electron chi connectivity index (χ2n) is 7.61. The van der Waals surface area contributed by atoms with Gasteiger partial charge in [0.05, 0.1) is 24.5 Å². The van der Waals surface area contributed by atoms with Gasteiger partial charge in [-0.3, -0.25) is 4.79 Å². The molecular formula is C19H23F2N5O3. The van der Waals surface area contributed by atoms with Gasteiger partial charge in [0.25, 0.3) is 0 Å². The van der Waals surface area contributed by atoms with E-state index in [9.17, 15) is 18.8 Å². The molecule has 3 heterocycles. The Bertz CT molecular complexity index is 963. The highest BCUT2D eigenvalue weighted by Crippen LogP contribution is 2.35. The van der Waals surface area contributed by atoms with E-state index in [0.717, 1.165) is 0 Å². The van der Waals surface area contributed by atoms with Crippen LogP contribution >= 0.6 is 0 Å². The van der Waals surface area contributed by atoms with Gasteiger partial charge in [-0.1, -0.05) is 6.92 Å². The number of nitriles is 1. The Morgan fingerprint density at radius 3 is 2.90 bits per heavy atom. The van der Waals surface area contributed by atoms with Gasteiger partial charge in [-0.25, -0.2) is 18.3 Å². The largest absolute Gasteiger partial charge is 0.458 e. The number of carbonyl (C=O) groups is 1. The summed E-state index contributed by atoms with van der Waals surface area (Å²) in [6.07, 6.45) is 1.26. The summed E-state index contributed by atoms with van der Waals surface area (Å²) in [5, 5.41) is 16.8. The predicted octanol–water partition coefficient (Wildman–Crippen LogP) is 2.72. The maximum Gasteiger partial charge on any atom is 0.303 e. The molecule has 3 unspecified atom stereocenters. The smallest absolute Gasteiger partial charge is 0.303 e. The van der Waals surface area contributed by atoms with Crippen LogP contribution in [0.4, 0.5) is 14.7 Å². The fraction of sp³-hybridized carbons (Fsp3) is 0.579. The molecule has 10 heteroatoms. The third kappa shape index (κ3) is 4.15. The topological polar surface area (TPSA) is 102 Å². The number of fused-ring (bicyclic) bond motifs is 1. The maximum atomic E-state index is 14.7. The molecule has 0 radical (unpaired) electrons. The van der Waals surface area contributed by atoms with Crippen LogP contribution in [0.3, 0.4) is 0 Å². The van der Waals surface area contributed by atoms with Crippen LogP contribution < -0.4 is 5.32 Å². The minimum Gasteiger partial charge on any atom is -0.458 e. The number of nitrogens with zero attached hydrogens (tertiary/aromatic N) is 4. The lowest BCUT2D eigenvalue weighted by Crippen LogP contribution is -2.44. The van der Waals surface area contributed by atoms with Gasteiger partial charge < -0.3 is 14.8 Å². The molecule has 1 aliphatic heterocycles. The van der Waals surface area contributed by atoms with E-state index >= 15 is 0 Å². The summed E-state index contributed by atoms with van der Waals surface area (Å²) >= 11 is 0. The number of ether oxygens (including phenoxy) is 2. The van der Waals surface area contributed by atoms with Crippen molar-refractivity contribution in [3.05, 3.63) is 23.3 Å². The third-order valence-electron chi connectivity index (χ3n) is 5.15. The molecule has 2 aromatic heterocycles. The molecule has 0 aromatic carbocycles. The number of halogens is 2. The fourth-order valence-electron chi connectivity index (χ4n) is 3.30. The quantitative estimate of drug-likeness (QED) is 0.761. The monoisotopic (exact) mass is 407 g/mol. The first kappa shape index (κ1) is 20.9. The Balaban J connectivity index is 2.01. The van der Waals surface area contributed by atoms with Crippen LogP contribution in [0.2, 0.25) is 0 Å². The zero-order valence-corrected chi connectivity index (χ0v) is 16.7. The number of hydrogen-bond donors (Lipinski definition) is 1. The van der Waals surface area contributed by atoms with Gasteiger partial charge >= 0.3 is 5.97 Å². The van der Waals surface area contributed by atoms with Gasteiger partial charge in [0.15, 0.2) is 5.82 Å². The molecule has 2 aromatic rings. The number of esters is 1. The SMILES string of the molecule is CC(=O)OC1COCCC1Nc1ncc2c(F)c(C#N)c(C(C)C(C)(C)F)n2n1. The van der Waals surface area contributed by atoms with Crippen molar-refractivity contribution >= 4 is 17.4 Å². The molecule has 1 N–H and O–H groups in total. The lowest BCUT2D eigenvalue weighted by molar-refractivity contribution is -0.153. The van der Waals surface area contributed by atoms with Crippen molar-refractivity contribution in [1.82, 2.24) is 14.6 Å². The van der Waals surface area contributed by atoms with E-state index in [0.29, 0.717) is 13.0 Å². The Kier molecular flexibility index (Phi) is 5.71. The highest BCUT2D eigenvalue weighted by molar-refractivity contribution is 5.66. The number of anilines is 1. The van der Waals surface area contributed by atoms with E-state index < -0.39 is 29.5 Å². The second kappa shape index (κ2) is 7.91. The summed E-state index contributed by atoms with van der Waals surface area (Å²) in [6.45, 7) is 6.31. The third-order valence-corrected chi connectivity index (χ3v) is 5.15. The number of nitrogens with one attached hydrogen (secondary N) is 1. The molecule has 156 valence electrons. The minimum atomic E-state index is -1.70. The van der Waals surface area contributed by atoms with Gasteiger partial charge in [-0.2, -0.15) is 5.26 Å². The summed E-state index contributed by atoms with van der Waals surface area (Å²) in [6, 6.07) is 1.51. The zero-order valence-electron chi connectivity index (χ0n) is 16.7. The van der Waals surface area contributed by atoms with Gasteiger partial charge in [0.2, 0.25) is 5.95 Å². The fourth-order valence-corrected chi connectivity index (χ4v) is 3.30. The summed E-state index contributed by atoms with van der Waals surface area (Å²) in [4.78, 5) is 15.4. The minimum absolute atomic E-state index is 0.0123. The van der Waals surface area contributed by atoms with Crippen LogP contribution in [0, 0.1) is 17.1 Å². The van der Waals surface area contributed by atoms with Gasteiger partial charge in [0, 0.05) is 19.4 Å². The first-order valence-electron chi connectivity index (χ1n) is 9.31. The molecule has 0 spiro atoms. The van der Waals surface area contributed by atoms with Gasteiger partial charge in [-0.05, 0) is 20.3 Å². The summed E-state index contributed by atoms with van der Waals surface area (Å²) < 4.78 is 41.1. The number of carbonyl (C=O) groups excluding carboxylic acids is 1. The summed E-state index contributed by atoms with van der Waals surface area (Å²) in [5.74, 6) is -1.87. The number of alkyl halides is 1. The van der Waals surface area contributed by atoms with Crippen molar-refractivity contribution in [3.8, 4) is 6.07 Å². The highest BCUT2D eigenvalue weighted by atomic mass is 19.1. The Hall–Kier alpha value is -2.80. The van der Waals surface area contributed by atoms with Crippen molar-refractivity contribution in [2.24, 2.45) is 0 Å². The average molecular weight is 407 g/mol. The normalized spacial score (nSPS) is 20.9. The van der Waals surface area contributed by atoms with Crippen molar-refractivity contribution < 1.29 is 23.0 Å². The molecule has 3 rings (SSSR count). The molecule has 0 saturated carbocycles. The lowest BCUT2D eigenvalue weighted by Gasteiger charge is -2.31. The van der Waals surface area contributed by atoms with Crippen LogP contribution in [0.1, 0.15) is 51.3 Å². The Morgan fingerprint density at radius 1 is 1.55 bits per heavy atom. The molecular weight excluding hydrogens is 384 g/mol. The zero-order chi connectivity index (χ0) is 21.3. The van der Waals surface area contributed by atoms with Crippen LogP contribution in [-0.4, -0.2) is 51.6 Å². The molecule has 29 heavy (non-hydrogen) atoms. The Morgan fingerprint density at radius 2 is 2.28 bits per heavy atom. The van der Waals surface area contributed by atoms with Crippen molar-refractivity contribution in [1.29, 1.82) is 5.26 Å². The maximum absolute atomic E-state index is 14.7. The molecule has 0 amide bonds. The molecule has 0 bridgehead atoms. The second-order valence-corrected chi connectivity index (χ2v) is 7.61. The van der Waals surface area contributed by atoms with E-state index in [1.54, 1.807) is 6.92 Å². The Labute approximate surface area is 166 Å². The van der Waals surface area contributed by atoms with Crippen LogP contribution in [0.25, 0.3) is 5.52 Å². The van der Waals surface area contributed by atoms with E-state index in [4.69, 9.17) is 9.47 Å². The van der Waals surface area contributed by atoms with E-state index in [1.165, 1.54) is 31.5 Å². The van der Waals surface area contributed by atoms with Gasteiger partial charge in [0.1, 0.15) is 28.9 Å². The average Bonchev–Trinajstić information content (AvgIpc) is 2.92. The number of rotatable bonds is 5. The standard InChI is InChI=1S/C19H23F2N5O3/c1-10(19(3,4)21)17-12(7-22)16(20)14-8-23-18(25-26(14)17)24-13-5-6-28-9-15(13)29-11(2)27/h8,10,13,15H,5-6,9H2,1-4H3,(H,24,25). The van der Waals surface area contributed by atoms with Gasteiger partial charge in [-0.15, -0.1) is 5.10 Å². The van der Waals surface area contributed by atoms with E-state index in [1.807, 2.05) is 6.07 Å². The van der Waals surface area contributed by atoms with Crippen molar-refractivity contribution in [3.63, 3.8) is 0 Å². The number of aromatic nitrogens is 3.